The fourth-order valence-electron chi connectivity index (χ4n) is 2.67. The Bertz CT molecular complexity index is 828. The maximum Gasteiger partial charge on any atom is 0.256 e. The van der Waals surface area contributed by atoms with Gasteiger partial charge in [0.25, 0.3) is 5.91 Å². The Balaban J connectivity index is 1.66. The van der Waals surface area contributed by atoms with Gasteiger partial charge in [-0.15, -0.1) is 0 Å². The molecular formula is C19H19N3O3. The van der Waals surface area contributed by atoms with E-state index in [1.807, 2.05) is 6.07 Å². The van der Waals surface area contributed by atoms with Crippen LogP contribution in [0.4, 0.5) is 0 Å². The first-order valence-electron chi connectivity index (χ1n) is 8.31. The van der Waals surface area contributed by atoms with Gasteiger partial charge < -0.3 is 9.84 Å². The molecule has 1 aromatic carbocycles. The van der Waals surface area contributed by atoms with Crippen molar-refractivity contribution in [1.82, 2.24) is 10.5 Å². The zero-order valence-corrected chi connectivity index (χ0v) is 14.2. The monoisotopic (exact) mass is 337 g/mol. The minimum atomic E-state index is -0.402. The van der Waals surface area contributed by atoms with Crippen LogP contribution in [0.5, 0.6) is 0 Å². The normalized spacial score (nSPS) is 15.9. The molecule has 0 aliphatic heterocycles. The summed E-state index contributed by atoms with van der Waals surface area (Å²) >= 11 is 0. The summed E-state index contributed by atoms with van der Waals surface area (Å²) in [6, 6.07) is 8.17. The van der Waals surface area contributed by atoms with Crippen LogP contribution in [-0.4, -0.2) is 22.9 Å². The highest BCUT2D eigenvalue weighted by Gasteiger charge is 2.33. The van der Waals surface area contributed by atoms with Crippen LogP contribution in [0.3, 0.4) is 0 Å². The highest BCUT2D eigenvalue weighted by molar-refractivity contribution is 5.99. The second kappa shape index (κ2) is 6.89. The van der Waals surface area contributed by atoms with Crippen LogP contribution in [0.25, 0.3) is 0 Å². The lowest BCUT2D eigenvalue weighted by Gasteiger charge is -2.20. The van der Waals surface area contributed by atoms with E-state index >= 15 is 0 Å². The van der Waals surface area contributed by atoms with Crippen molar-refractivity contribution < 1.29 is 14.1 Å². The van der Waals surface area contributed by atoms with E-state index in [-0.39, 0.29) is 23.7 Å². The molecule has 0 spiro atoms. The number of ketones is 1. The third-order valence-electron chi connectivity index (χ3n) is 4.61. The predicted octanol–water partition coefficient (Wildman–Crippen LogP) is 3.06. The summed E-state index contributed by atoms with van der Waals surface area (Å²) in [5, 5.41) is 15.4. The van der Waals surface area contributed by atoms with Crippen LogP contribution in [0, 0.1) is 17.2 Å². The number of benzene rings is 1. The smallest absolute Gasteiger partial charge is 0.256 e. The standard InChI is InChI=1S/C19H19N3O3/c1-11(17(23)14-5-3-13(9-20)4-6-14)12(2)22-19(24)16-10-21-25-18(16)15-7-8-15/h3-6,10-12,15H,7-8H2,1-2H3,(H,22,24). The molecule has 1 fully saturated rings. The van der Waals surface area contributed by atoms with Crippen molar-refractivity contribution in [3.63, 3.8) is 0 Å². The van der Waals surface area contributed by atoms with E-state index in [1.54, 1.807) is 38.1 Å². The quantitative estimate of drug-likeness (QED) is 0.817. The fraction of sp³-hybridized carbons (Fsp3) is 0.368. The van der Waals surface area contributed by atoms with Crippen molar-refractivity contribution >= 4 is 11.7 Å². The first kappa shape index (κ1) is 16.9. The summed E-state index contributed by atoms with van der Waals surface area (Å²) in [6.45, 7) is 3.58. The van der Waals surface area contributed by atoms with Gasteiger partial charge in [-0.2, -0.15) is 5.26 Å². The van der Waals surface area contributed by atoms with Crippen molar-refractivity contribution in [2.24, 2.45) is 5.92 Å². The topological polar surface area (TPSA) is 96.0 Å². The van der Waals surface area contributed by atoms with Crippen LogP contribution in [0.2, 0.25) is 0 Å². The van der Waals surface area contributed by atoms with E-state index in [9.17, 15) is 9.59 Å². The summed E-state index contributed by atoms with van der Waals surface area (Å²) in [5.74, 6) is 0.174. The lowest BCUT2D eigenvalue weighted by molar-refractivity contribution is 0.0868. The van der Waals surface area contributed by atoms with Gasteiger partial charge in [-0.05, 0) is 31.9 Å². The second-order valence-electron chi connectivity index (χ2n) is 6.48. The van der Waals surface area contributed by atoms with Crippen LogP contribution in [0.15, 0.2) is 35.0 Å². The summed E-state index contributed by atoms with van der Waals surface area (Å²) in [4.78, 5) is 25.0. The molecule has 0 radical (unpaired) electrons. The molecule has 3 rings (SSSR count). The molecule has 6 heteroatoms. The number of hydrogen-bond acceptors (Lipinski definition) is 5. The van der Waals surface area contributed by atoms with E-state index < -0.39 is 5.92 Å². The number of rotatable bonds is 6. The van der Waals surface area contributed by atoms with E-state index in [2.05, 4.69) is 10.5 Å². The fourth-order valence-corrected chi connectivity index (χ4v) is 2.67. The molecule has 1 aromatic heterocycles. The maximum atomic E-state index is 12.6. The van der Waals surface area contributed by atoms with E-state index in [0.717, 1.165) is 12.8 Å². The molecule has 2 aromatic rings. The summed E-state index contributed by atoms with van der Waals surface area (Å²) in [6.07, 6.45) is 3.46. The Hall–Kier alpha value is -2.94. The number of amides is 1. The number of carbonyl (C=O) groups is 2. The molecule has 2 unspecified atom stereocenters. The molecule has 1 aliphatic carbocycles. The Labute approximate surface area is 145 Å². The molecule has 6 nitrogen and oxygen atoms in total. The van der Waals surface area contributed by atoms with Gasteiger partial charge in [0.15, 0.2) is 11.5 Å². The molecular weight excluding hydrogens is 318 g/mol. The molecule has 0 saturated heterocycles. The number of Topliss-reactive ketones (excluding diaryl/α,β-unsaturated/α-hetero) is 1. The second-order valence-corrected chi connectivity index (χ2v) is 6.48. The van der Waals surface area contributed by atoms with Gasteiger partial charge >= 0.3 is 0 Å². The van der Waals surface area contributed by atoms with Crippen molar-refractivity contribution in [2.75, 3.05) is 0 Å². The van der Waals surface area contributed by atoms with Gasteiger partial charge in [0.1, 0.15) is 5.56 Å². The zero-order chi connectivity index (χ0) is 18.0. The zero-order valence-electron chi connectivity index (χ0n) is 14.2. The highest BCUT2D eigenvalue weighted by atomic mass is 16.5. The summed E-state index contributed by atoms with van der Waals surface area (Å²) in [7, 11) is 0. The van der Waals surface area contributed by atoms with E-state index in [1.165, 1.54) is 6.20 Å². The third kappa shape index (κ3) is 3.61. The summed E-state index contributed by atoms with van der Waals surface area (Å²) in [5.41, 5.74) is 1.48. The number of nitrogens with one attached hydrogen (secondary N) is 1. The van der Waals surface area contributed by atoms with Gasteiger partial charge in [0.05, 0.1) is 17.8 Å². The summed E-state index contributed by atoms with van der Waals surface area (Å²) < 4.78 is 5.19. The van der Waals surface area contributed by atoms with Gasteiger partial charge in [-0.1, -0.05) is 24.2 Å². The third-order valence-corrected chi connectivity index (χ3v) is 4.61. The minimum absolute atomic E-state index is 0.0787. The SMILES string of the molecule is CC(NC(=O)c1cnoc1C1CC1)C(C)C(=O)c1ccc(C#N)cc1. The van der Waals surface area contributed by atoms with E-state index in [4.69, 9.17) is 9.78 Å². The minimum Gasteiger partial charge on any atom is -0.360 e. The molecule has 1 heterocycles. The maximum absolute atomic E-state index is 12.6. The Morgan fingerprint density at radius 3 is 2.56 bits per heavy atom. The van der Waals surface area contributed by atoms with Crippen molar-refractivity contribution in [3.8, 4) is 6.07 Å². The Kier molecular flexibility index (Phi) is 4.66. The first-order chi connectivity index (χ1) is 12.0. The number of carbonyl (C=O) groups excluding carboxylic acids is 2. The van der Waals surface area contributed by atoms with Gasteiger partial charge in [-0.25, -0.2) is 0 Å². The number of nitriles is 1. The van der Waals surface area contributed by atoms with Gasteiger partial charge in [-0.3, -0.25) is 9.59 Å². The largest absolute Gasteiger partial charge is 0.360 e. The van der Waals surface area contributed by atoms with Crippen LogP contribution in [0.1, 0.15) is 64.6 Å². The van der Waals surface area contributed by atoms with Crippen LogP contribution >= 0.6 is 0 Å². The number of nitrogens with zero attached hydrogens (tertiary/aromatic N) is 2. The molecule has 2 atom stereocenters. The average Bonchev–Trinajstić information content (AvgIpc) is 3.36. The van der Waals surface area contributed by atoms with Crippen molar-refractivity contribution in [2.45, 2.75) is 38.6 Å². The van der Waals surface area contributed by atoms with Crippen LogP contribution in [-0.2, 0) is 0 Å². The molecule has 1 saturated carbocycles. The van der Waals surface area contributed by atoms with Gasteiger partial charge in [0.2, 0.25) is 0 Å². The molecule has 128 valence electrons. The highest BCUT2D eigenvalue weighted by Crippen LogP contribution is 2.41. The molecule has 1 N–H and O–H groups in total. The molecule has 1 amide bonds. The Morgan fingerprint density at radius 1 is 1.28 bits per heavy atom. The lowest BCUT2D eigenvalue weighted by Crippen LogP contribution is -2.40. The van der Waals surface area contributed by atoms with E-state index in [0.29, 0.717) is 22.5 Å². The first-order valence-corrected chi connectivity index (χ1v) is 8.31. The molecule has 0 bridgehead atoms. The van der Waals surface area contributed by atoms with Crippen LogP contribution < -0.4 is 5.32 Å². The molecule has 25 heavy (non-hydrogen) atoms. The average molecular weight is 337 g/mol. The van der Waals surface area contributed by atoms with Gasteiger partial charge in [0, 0.05) is 23.4 Å². The van der Waals surface area contributed by atoms with Crippen molar-refractivity contribution in [3.05, 3.63) is 52.9 Å². The molecule has 1 aliphatic rings. The number of hydrogen-bond donors (Lipinski definition) is 1. The number of aromatic nitrogens is 1. The lowest BCUT2D eigenvalue weighted by atomic mass is 9.92. The predicted molar refractivity (Wildman–Crippen MR) is 90.1 cm³/mol. The Morgan fingerprint density at radius 2 is 1.96 bits per heavy atom. The van der Waals surface area contributed by atoms with Crippen molar-refractivity contribution in [1.29, 1.82) is 5.26 Å².